The van der Waals surface area contributed by atoms with Crippen LogP contribution < -0.4 is 11.5 Å². The molecule has 0 bridgehead atoms. The van der Waals surface area contributed by atoms with E-state index in [1.165, 1.54) is 24.0 Å². The van der Waals surface area contributed by atoms with Crippen LogP contribution in [0.3, 0.4) is 0 Å². The monoisotopic (exact) mass is 234 g/mol. The van der Waals surface area contributed by atoms with Gasteiger partial charge < -0.3 is 11.5 Å². The van der Waals surface area contributed by atoms with Crippen LogP contribution in [0.25, 0.3) is 0 Å². The second kappa shape index (κ2) is 6.18. The molecule has 0 fully saturated rings. The van der Waals surface area contributed by atoms with E-state index >= 15 is 0 Å². The Labute approximate surface area is 105 Å². The number of hydrogen-bond acceptors (Lipinski definition) is 2. The van der Waals surface area contributed by atoms with Crippen LogP contribution in [-0.4, -0.2) is 0 Å². The lowest BCUT2D eigenvalue weighted by Crippen LogP contribution is -2.46. The van der Waals surface area contributed by atoms with Gasteiger partial charge in [0.1, 0.15) is 0 Å². The van der Waals surface area contributed by atoms with Crippen molar-refractivity contribution < 1.29 is 0 Å². The molecular formula is C15H26N2. The van der Waals surface area contributed by atoms with E-state index < -0.39 is 5.66 Å². The molecule has 0 aromatic heterocycles. The Morgan fingerprint density at radius 2 is 1.82 bits per heavy atom. The number of aryl methyl sites for hydroxylation is 1. The topological polar surface area (TPSA) is 52.0 Å². The summed E-state index contributed by atoms with van der Waals surface area (Å²) in [5.41, 5.74) is 15.6. The van der Waals surface area contributed by atoms with Gasteiger partial charge in [-0.05, 0) is 42.4 Å². The molecule has 0 unspecified atom stereocenters. The minimum Gasteiger partial charge on any atom is -0.310 e. The first-order valence-corrected chi connectivity index (χ1v) is 6.75. The molecule has 1 aromatic rings. The molecule has 2 nitrogen and oxygen atoms in total. The van der Waals surface area contributed by atoms with Crippen molar-refractivity contribution in [1.29, 1.82) is 0 Å². The average molecular weight is 234 g/mol. The fourth-order valence-corrected chi connectivity index (χ4v) is 2.28. The van der Waals surface area contributed by atoms with Gasteiger partial charge >= 0.3 is 0 Å². The highest BCUT2D eigenvalue weighted by molar-refractivity contribution is 5.39. The summed E-state index contributed by atoms with van der Waals surface area (Å²) in [7, 11) is 0. The second-order valence-corrected chi connectivity index (χ2v) is 4.79. The first-order valence-electron chi connectivity index (χ1n) is 6.75. The van der Waals surface area contributed by atoms with Crippen molar-refractivity contribution in [1.82, 2.24) is 0 Å². The Balaban J connectivity index is 3.14. The van der Waals surface area contributed by atoms with Gasteiger partial charge in [-0.1, -0.05) is 45.4 Å². The van der Waals surface area contributed by atoms with Crippen LogP contribution in [0.5, 0.6) is 0 Å². The normalized spacial score (nSPS) is 11.8. The summed E-state index contributed by atoms with van der Waals surface area (Å²) in [4.78, 5) is 0. The van der Waals surface area contributed by atoms with Crippen LogP contribution in [0.15, 0.2) is 18.2 Å². The van der Waals surface area contributed by atoms with Crippen LogP contribution in [0, 0.1) is 0 Å². The van der Waals surface area contributed by atoms with Gasteiger partial charge in [0, 0.05) is 0 Å². The van der Waals surface area contributed by atoms with Crippen LogP contribution in [0.4, 0.5) is 0 Å². The van der Waals surface area contributed by atoms with Crippen LogP contribution in [0.1, 0.15) is 56.7 Å². The van der Waals surface area contributed by atoms with E-state index in [4.69, 9.17) is 11.5 Å². The molecule has 0 spiro atoms. The molecule has 0 saturated heterocycles. The second-order valence-electron chi connectivity index (χ2n) is 4.79. The summed E-state index contributed by atoms with van der Waals surface area (Å²) >= 11 is 0. The largest absolute Gasteiger partial charge is 0.310 e. The van der Waals surface area contributed by atoms with Crippen LogP contribution >= 0.6 is 0 Å². The molecule has 17 heavy (non-hydrogen) atoms. The molecule has 2 heteroatoms. The van der Waals surface area contributed by atoms with Gasteiger partial charge in [0.15, 0.2) is 0 Å². The molecule has 0 amide bonds. The molecule has 0 saturated carbocycles. The summed E-state index contributed by atoms with van der Waals surface area (Å²) < 4.78 is 0. The highest BCUT2D eigenvalue weighted by Crippen LogP contribution is 2.25. The summed E-state index contributed by atoms with van der Waals surface area (Å²) in [5.74, 6) is 0. The van der Waals surface area contributed by atoms with E-state index in [9.17, 15) is 0 Å². The third-order valence-corrected chi connectivity index (χ3v) is 3.51. The summed E-state index contributed by atoms with van der Waals surface area (Å²) in [6, 6.07) is 6.38. The molecular weight excluding hydrogens is 208 g/mol. The molecule has 0 heterocycles. The van der Waals surface area contributed by atoms with Crippen molar-refractivity contribution in [3.8, 4) is 0 Å². The van der Waals surface area contributed by atoms with Crippen molar-refractivity contribution in [2.75, 3.05) is 0 Å². The summed E-state index contributed by atoms with van der Waals surface area (Å²) in [5, 5.41) is 0. The third kappa shape index (κ3) is 3.30. The maximum absolute atomic E-state index is 6.19. The molecule has 96 valence electrons. The van der Waals surface area contributed by atoms with Gasteiger partial charge in [-0.3, -0.25) is 0 Å². The Bertz CT molecular complexity index is 356. The number of unbranched alkanes of at least 4 members (excludes halogenated alkanes) is 1. The number of nitrogens with two attached hydrogens (primary N) is 2. The summed E-state index contributed by atoms with van der Waals surface area (Å²) in [6.45, 7) is 6.44. The van der Waals surface area contributed by atoms with Gasteiger partial charge in [0.2, 0.25) is 0 Å². The van der Waals surface area contributed by atoms with Gasteiger partial charge in [-0.15, -0.1) is 0 Å². The molecule has 0 aliphatic carbocycles. The van der Waals surface area contributed by atoms with Crippen molar-refractivity contribution in [3.05, 3.63) is 34.9 Å². The first kappa shape index (κ1) is 14.2. The SMILES string of the molecule is CCCCc1cccc(C(N)(N)CC)c1CC. The van der Waals surface area contributed by atoms with Gasteiger partial charge in [-0.25, -0.2) is 0 Å². The van der Waals surface area contributed by atoms with E-state index in [1.54, 1.807) is 0 Å². The van der Waals surface area contributed by atoms with Crippen LogP contribution in [-0.2, 0) is 18.5 Å². The Hall–Kier alpha value is -0.860. The Kier molecular flexibility index (Phi) is 5.16. The molecule has 1 aromatic carbocycles. The van der Waals surface area contributed by atoms with E-state index in [1.807, 2.05) is 6.92 Å². The first-order chi connectivity index (χ1) is 8.06. The number of benzene rings is 1. The van der Waals surface area contributed by atoms with Crippen LogP contribution in [0.2, 0.25) is 0 Å². The van der Waals surface area contributed by atoms with Gasteiger partial charge in [0.25, 0.3) is 0 Å². The lowest BCUT2D eigenvalue weighted by atomic mass is 9.88. The quantitative estimate of drug-likeness (QED) is 0.743. The fourth-order valence-electron chi connectivity index (χ4n) is 2.28. The predicted molar refractivity (Wildman–Crippen MR) is 74.8 cm³/mol. The minimum atomic E-state index is -0.687. The van der Waals surface area contributed by atoms with E-state index in [2.05, 4.69) is 32.0 Å². The van der Waals surface area contributed by atoms with Gasteiger partial charge in [0.05, 0.1) is 5.66 Å². The molecule has 0 radical (unpaired) electrons. The predicted octanol–water partition coefficient (Wildman–Crippen LogP) is 3.07. The molecule has 4 N–H and O–H groups in total. The van der Waals surface area contributed by atoms with Crippen molar-refractivity contribution in [3.63, 3.8) is 0 Å². The van der Waals surface area contributed by atoms with E-state index in [0.29, 0.717) is 0 Å². The number of hydrogen-bond donors (Lipinski definition) is 2. The summed E-state index contributed by atoms with van der Waals surface area (Å²) in [6.07, 6.45) is 5.35. The zero-order chi connectivity index (χ0) is 12.9. The zero-order valence-electron chi connectivity index (χ0n) is 11.4. The maximum Gasteiger partial charge on any atom is 0.0899 e. The third-order valence-electron chi connectivity index (χ3n) is 3.51. The van der Waals surface area contributed by atoms with E-state index in [0.717, 1.165) is 24.8 Å². The standard InChI is InChI=1S/C15H26N2/c1-4-7-9-12-10-8-11-14(13(12)5-2)15(16,17)6-3/h8,10-11H,4-7,9,16-17H2,1-3H3. The number of rotatable bonds is 6. The van der Waals surface area contributed by atoms with Crippen molar-refractivity contribution in [2.45, 2.75) is 58.5 Å². The average Bonchev–Trinajstić information content (AvgIpc) is 2.35. The lowest BCUT2D eigenvalue weighted by Gasteiger charge is -2.27. The molecule has 0 aliphatic heterocycles. The zero-order valence-corrected chi connectivity index (χ0v) is 11.4. The highest BCUT2D eigenvalue weighted by Gasteiger charge is 2.23. The molecule has 0 aliphatic rings. The van der Waals surface area contributed by atoms with Crippen molar-refractivity contribution in [2.24, 2.45) is 11.5 Å². The maximum atomic E-state index is 6.19. The lowest BCUT2D eigenvalue weighted by molar-refractivity contribution is 0.443. The fraction of sp³-hybridized carbons (Fsp3) is 0.600. The Morgan fingerprint density at radius 3 is 2.35 bits per heavy atom. The Morgan fingerprint density at radius 1 is 1.12 bits per heavy atom. The van der Waals surface area contributed by atoms with Crippen molar-refractivity contribution >= 4 is 0 Å². The molecule has 1 rings (SSSR count). The smallest absolute Gasteiger partial charge is 0.0899 e. The van der Waals surface area contributed by atoms with E-state index in [-0.39, 0.29) is 0 Å². The molecule has 0 atom stereocenters. The minimum absolute atomic E-state index is 0.687. The van der Waals surface area contributed by atoms with Gasteiger partial charge in [-0.2, -0.15) is 0 Å². The highest BCUT2D eigenvalue weighted by atomic mass is 14.9.